The van der Waals surface area contributed by atoms with Crippen molar-refractivity contribution in [2.75, 3.05) is 10.6 Å². The van der Waals surface area contributed by atoms with Crippen LogP contribution in [-0.4, -0.2) is 22.9 Å². The van der Waals surface area contributed by atoms with Crippen LogP contribution in [0.25, 0.3) is 0 Å². The van der Waals surface area contributed by atoms with Crippen LogP contribution < -0.4 is 10.6 Å². The molecule has 2 atom stereocenters. The molecule has 1 aromatic heterocycles. The molecule has 4 rings (SSSR count). The quantitative estimate of drug-likeness (QED) is 0.585. The van der Waals surface area contributed by atoms with Crippen LogP contribution in [0.2, 0.25) is 0 Å². The Bertz CT molecular complexity index is 1060. The first-order valence-electron chi connectivity index (χ1n) is 10.6. The standard InChI is InChI=1S/C24H26N2O4S/c1-14-7-6-8-15(13-14)25-22(28)20-18-11-4-5-12-19(18)31-23(20)26-21(27)16-9-2-3-10-17(16)24(29)30/h2-3,6-8,13,16-17H,4-5,9-12H2,1H3,(H,25,28)(H,26,27)(H,29,30)/t16-,17-/m1/s1. The fraction of sp³-hybridized carbons (Fsp3) is 0.375. The molecule has 2 aromatic rings. The van der Waals surface area contributed by atoms with Crippen molar-refractivity contribution in [1.82, 2.24) is 0 Å². The number of carbonyl (C=O) groups is 3. The lowest BCUT2D eigenvalue weighted by Gasteiger charge is -2.24. The molecule has 0 radical (unpaired) electrons. The average Bonchev–Trinajstić information content (AvgIpc) is 3.11. The zero-order chi connectivity index (χ0) is 22.0. The predicted octanol–water partition coefficient (Wildman–Crippen LogP) is 4.79. The number of thiophene rings is 1. The summed E-state index contributed by atoms with van der Waals surface area (Å²) < 4.78 is 0. The SMILES string of the molecule is Cc1cccc(NC(=O)c2c(NC(=O)[C@@H]3CC=CC[C@H]3C(=O)O)sc3c2CCCC3)c1. The summed E-state index contributed by atoms with van der Waals surface area (Å²) in [6, 6.07) is 7.60. The van der Waals surface area contributed by atoms with Crippen molar-refractivity contribution in [1.29, 1.82) is 0 Å². The highest BCUT2D eigenvalue weighted by Crippen LogP contribution is 2.39. The molecule has 162 valence electrons. The number of nitrogens with one attached hydrogen (secondary N) is 2. The molecule has 0 fully saturated rings. The van der Waals surface area contributed by atoms with Crippen molar-refractivity contribution < 1.29 is 19.5 Å². The maximum absolute atomic E-state index is 13.2. The molecule has 6 nitrogen and oxygen atoms in total. The molecule has 0 bridgehead atoms. The van der Waals surface area contributed by atoms with E-state index in [1.807, 2.05) is 43.3 Å². The number of amides is 2. The second kappa shape index (κ2) is 9.06. The topological polar surface area (TPSA) is 95.5 Å². The number of aryl methyl sites for hydroxylation is 2. The summed E-state index contributed by atoms with van der Waals surface area (Å²) in [6.07, 6.45) is 8.17. The zero-order valence-electron chi connectivity index (χ0n) is 17.4. The third kappa shape index (κ3) is 4.56. The number of carboxylic acids is 1. The van der Waals surface area contributed by atoms with Gasteiger partial charge in [0.15, 0.2) is 0 Å². The fourth-order valence-electron chi connectivity index (χ4n) is 4.39. The molecule has 3 N–H and O–H groups in total. The smallest absolute Gasteiger partial charge is 0.307 e. The first-order valence-corrected chi connectivity index (χ1v) is 11.5. The van der Waals surface area contributed by atoms with Crippen molar-refractivity contribution in [3.8, 4) is 0 Å². The zero-order valence-corrected chi connectivity index (χ0v) is 18.3. The van der Waals surface area contributed by atoms with Gasteiger partial charge in [0.1, 0.15) is 5.00 Å². The van der Waals surface area contributed by atoms with Crippen molar-refractivity contribution in [3.05, 3.63) is 58.0 Å². The van der Waals surface area contributed by atoms with E-state index in [1.165, 1.54) is 11.3 Å². The van der Waals surface area contributed by atoms with Gasteiger partial charge in [-0.25, -0.2) is 0 Å². The Hall–Kier alpha value is -2.93. The second-order valence-electron chi connectivity index (χ2n) is 8.22. The molecule has 2 amide bonds. The minimum Gasteiger partial charge on any atom is -0.481 e. The Morgan fingerprint density at radius 2 is 1.77 bits per heavy atom. The van der Waals surface area contributed by atoms with Gasteiger partial charge < -0.3 is 15.7 Å². The highest BCUT2D eigenvalue weighted by molar-refractivity contribution is 7.17. The van der Waals surface area contributed by atoms with E-state index in [0.29, 0.717) is 29.1 Å². The number of carboxylic acid groups (broad SMARTS) is 1. The first-order chi connectivity index (χ1) is 14.9. The third-order valence-corrected chi connectivity index (χ3v) is 7.20. The number of carbonyl (C=O) groups excluding carboxylic acids is 2. The van der Waals surface area contributed by atoms with E-state index in [2.05, 4.69) is 10.6 Å². The Balaban J connectivity index is 1.62. The molecule has 1 aromatic carbocycles. The van der Waals surface area contributed by atoms with Crippen LogP contribution in [0, 0.1) is 18.8 Å². The van der Waals surface area contributed by atoms with Crippen LogP contribution in [0.5, 0.6) is 0 Å². The molecule has 2 aliphatic rings. The van der Waals surface area contributed by atoms with E-state index in [-0.39, 0.29) is 11.8 Å². The van der Waals surface area contributed by atoms with E-state index in [4.69, 9.17) is 0 Å². The molecule has 0 spiro atoms. The molecule has 31 heavy (non-hydrogen) atoms. The van der Waals surface area contributed by atoms with Crippen molar-refractivity contribution >= 4 is 39.8 Å². The number of hydrogen-bond donors (Lipinski definition) is 3. The molecule has 0 saturated carbocycles. The van der Waals surface area contributed by atoms with Gasteiger partial charge >= 0.3 is 5.97 Å². The minimum absolute atomic E-state index is 0.237. The Morgan fingerprint density at radius 1 is 1.03 bits per heavy atom. The molecule has 2 aliphatic carbocycles. The van der Waals surface area contributed by atoms with E-state index >= 15 is 0 Å². The van der Waals surface area contributed by atoms with E-state index in [0.717, 1.165) is 41.7 Å². The van der Waals surface area contributed by atoms with Crippen LogP contribution in [0.1, 0.15) is 52.0 Å². The summed E-state index contributed by atoms with van der Waals surface area (Å²) in [4.78, 5) is 39.0. The summed E-state index contributed by atoms with van der Waals surface area (Å²) in [6.45, 7) is 1.96. The molecule has 0 unspecified atom stereocenters. The van der Waals surface area contributed by atoms with Gasteiger partial charge in [0.05, 0.1) is 17.4 Å². The summed E-state index contributed by atoms with van der Waals surface area (Å²) in [5, 5.41) is 15.9. The highest BCUT2D eigenvalue weighted by atomic mass is 32.1. The van der Waals surface area contributed by atoms with Gasteiger partial charge in [-0.2, -0.15) is 0 Å². The summed E-state index contributed by atoms with van der Waals surface area (Å²) >= 11 is 1.45. The van der Waals surface area contributed by atoms with Crippen molar-refractivity contribution in [2.24, 2.45) is 11.8 Å². The lowest BCUT2D eigenvalue weighted by Crippen LogP contribution is -2.35. The minimum atomic E-state index is -0.965. The van der Waals surface area contributed by atoms with Gasteiger partial charge in [-0.1, -0.05) is 24.3 Å². The van der Waals surface area contributed by atoms with Gasteiger partial charge in [0, 0.05) is 10.6 Å². The number of benzene rings is 1. The van der Waals surface area contributed by atoms with E-state index < -0.39 is 17.8 Å². The summed E-state index contributed by atoms with van der Waals surface area (Å²) in [5.74, 6) is -2.93. The number of hydrogen-bond acceptors (Lipinski definition) is 4. The Morgan fingerprint density at radius 3 is 2.52 bits per heavy atom. The van der Waals surface area contributed by atoms with Gasteiger partial charge in [-0.05, 0) is 68.7 Å². The number of fused-ring (bicyclic) bond motifs is 1. The van der Waals surface area contributed by atoms with Crippen LogP contribution >= 0.6 is 11.3 Å². The average molecular weight is 439 g/mol. The maximum atomic E-state index is 13.2. The molecule has 0 saturated heterocycles. The molecule has 7 heteroatoms. The van der Waals surface area contributed by atoms with E-state index in [1.54, 1.807) is 0 Å². The third-order valence-electron chi connectivity index (χ3n) is 6.00. The monoisotopic (exact) mass is 438 g/mol. The number of rotatable bonds is 5. The summed E-state index contributed by atoms with van der Waals surface area (Å²) in [5.41, 5.74) is 3.29. The lowest BCUT2D eigenvalue weighted by atomic mass is 9.82. The fourth-order valence-corrected chi connectivity index (χ4v) is 5.68. The first kappa shape index (κ1) is 21.3. The van der Waals surface area contributed by atoms with E-state index in [9.17, 15) is 19.5 Å². The largest absolute Gasteiger partial charge is 0.481 e. The van der Waals surface area contributed by atoms with Crippen molar-refractivity contribution in [2.45, 2.75) is 45.4 Å². The van der Waals surface area contributed by atoms with Gasteiger partial charge in [0.2, 0.25) is 5.91 Å². The lowest BCUT2D eigenvalue weighted by molar-refractivity contribution is -0.146. The van der Waals surface area contributed by atoms with Crippen LogP contribution in [0.4, 0.5) is 10.7 Å². The Labute approximate surface area is 185 Å². The highest BCUT2D eigenvalue weighted by Gasteiger charge is 2.35. The molecule has 0 aliphatic heterocycles. The van der Waals surface area contributed by atoms with Gasteiger partial charge in [-0.3, -0.25) is 14.4 Å². The number of allylic oxidation sites excluding steroid dienone is 2. The summed E-state index contributed by atoms with van der Waals surface area (Å²) in [7, 11) is 0. The molecular weight excluding hydrogens is 412 g/mol. The molecular formula is C24H26N2O4S. The molecule has 1 heterocycles. The maximum Gasteiger partial charge on any atom is 0.307 e. The second-order valence-corrected chi connectivity index (χ2v) is 9.33. The van der Waals surface area contributed by atoms with Crippen molar-refractivity contribution in [3.63, 3.8) is 0 Å². The van der Waals surface area contributed by atoms with Gasteiger partial charge in [-0.15, -0.1) is 11.3 Å². The number of aliphatic carboxylic acids is 1. The van der Waals surface area contributed by atoms with Crippen LogP contribution in [-0.2, 0) is 22.4 Å². The van der Waals surface area contributed by atoms with Crippen LogP contribution in [0.3, 0.4) is 0 Å². The predicted molar refractivity (Wildman–Crippen MR) is 122 cm³/mol. The van der Waals surface area contributed by atoms with Gasteiger partial charge in [0.25, 0.3) is 5.91 Å². The Kier molecular flexibility index (Phi) is 6.23. The normalized spacial score (nSPS) is 20.0. The number of anilines is 2. The van der Waals surface area contributed by atoms with Crippen LogP contribution in [0.15, 0.2) is 36.4 Å².